The summed E-state index contributed by atoms with van der Waals surface area (Å²) in [6, 6.07) is 8.13. The van der Waals surface area contributed by atoms with Crippen molar-refractivity contribution in [3.8, 4) is 11.5 Å². The molecule has 0 amide bonds. The van der Waals surface area contributed by atoms with Crippen LogP contribution in [0, 0.1) is 11.8 Å². The first-order chi connectivity index (χ1) is 20.0. The third-order valence-corrected chi connectivity index (χ3v) is 8.17. The van der Waals surface area contributed by atoms with Gasteiger partial charge in [-0.2, -0.15) is 0 Å². The highest BCUT2D eigenvalue weighted by molar-refractivity contribution is 5.51. The molecule has 248 valence electrons. The fourth-order valence-corrected chi connectivity index (χ4v) is 5.46. The van der Waals surface area contributed by atoms with E-state index in [0.29, 0.717) is 49.8 Å². The van der Waals surface area contributed by atoms with Crippen LogP contribution in [-0.4, -0.2) is 36.6 Å². The van der Waals surface area contributed by atoms with Crippen LogP contribution >= 0.6 is 0 Å². The molecule has 0 atom stereocenters. The van der Waals surface area contributed by atoms with E-state index in [1.807, 2.05) is 24.3 Å². The SMILES string of the molecule is CC1COC(c2cc(C(C)(C)C)c(O)c(C(C)(C)C)c2)OC1.CC1COC(c2cc(C(C)(C)C)c(O)c(C(C)(C)C)c2)OC1. The Morgan fingerprint density at radius 1 is 0.455 bits per heavy atom. The molecule has 6 heteroatoms. The van der Waals surface area contributed by atoms with Crippen LogP contribution in [0.3, 0.4) is 0 Å². The van der Waals surface area contributed by atoms with Gasteiger partial charge in [0.1, 0.15) is 11.5 Å². The van der Waals surface area contributed by atoms with Crippen molar-refractivity contribution in [3.63, 3.8) is 0 Å². The molecule has 2 aliphatic heterocycles. The Hall–Kier alpha value is -2.12. The molecule has 2 aromatic carbocycles. The second-order valence-electron chi connectivity index (χ2n) is 17.1. The second kappa shape index (κ2) is 13.3. The first-order valence-electron chi connectivity index (χ1n) is 16.2. The van der Waals surface area contributed by atoms with Crippen molar-refractivity contribution in [3.05, 3.63) is 57.6 Å². The zero-order valence-electron chi connectivity index (χ0n) is 30.0. The number of phenolic OH excluding ortho intramolecular Hbond substituents is 2. The van der Waals surface area contributed by atoms with Gasteiger partial charge in [0.15, 0.2) is 12.6 Å². The van der Waals surface area contributed by atoms with E-state index in [4.69, 9.17) is 18.9 Å². The first-order valence-corrected chi connectivity index (χ1v) is 16.2. The van der Waals surface area contributed by atoms with Gasteiger partial charge in [0.2, 0.25) is 0 Å². The van der Waals surface area contributed by atoms with E-state index < -0.39 is 0 Å². The monoisotopic (exact) mass is 612 g/mol. The van der Waals surface area contributed by atoms with Crippen LogP contribution in [0.5, 0.6) is 11.5 Å². The van der Waals surface area contributed by atoms with Crippen molar-refractivity contribution in [1.82, 2.24) is 0 Å². The first kappa shape index (κ1) is 36.3. The Bertz CT molecular complexity index is 1080. The van der Waals surface area contributed by atoms with Gasteiger partial charge in [0.05, 0.1) is 26.4 Å². The average molecular weight is 613 g/mol. The van der Waals surface area contributed by atoms with Crippen LogP contribution in [0.15, 0.2) is 24.3 Å². The molecule has 2 N–H and O–H groups in total. The summed E-state index contributed by atoms with van der Waals surface area (Å²) in [4.78, 5) is 0. The lowest BCUT2D eigenvalue weighted by molar-refractivity contribution is -0.202. The summed E-state index contributed by atoms with van der Waals surface area (Å²) in [5, 5.41) is 21.5. The normalized spacial score (nSPS) is 23.6. The highest BCUT2D eigenvalue weighted by Crippen LogP contribution is 2.43. The number of hydrogen-bond donors (Lipinski definition) is 2. The van der Waals surface area contributed by atoms with Crippen molar-refractivity contribution < 1.29 is 29.2 Å². The maximum Gasteiger partial charge on any atom is 0.183 e. The summed E-state index contributed by atoms with van der Waals surface area (Å²) in [6.45, 7) is 32.4. The van der Waals surface area contributed by atoms with Crippen molar-refractivity contribution in [2.45, 2.75) is 131 Å². The van der Waals surface area contributed by atoms with E-state index in [-0.39, 0.29) is 34.2 Å². The zero-order valence-corrected chi connectivity index (χ0v) is 30.0. The van der Waals surface area contributed by atoms with Gasteiger partial charge >= 0.3 is 0 Å². The molecular weight excluding hydrogens is 552 g/mol. The van der Waals surface area contributed by atoms with Gasteiger partial charge in [-0.1, -0.05) is 96.9 Å². The second-order valence-corrected chi connectivity index (χ2v) is 17.1. The molecule has 0 bridgehead atoms. The van der Waals surface area contributed by atoms with Crippen molar-refractivity contribution >= 4 is 0 Å². The topological polar surface area (TPSA) is 77.4 Å². The summed E-state index contributed by atoms with van der Waals surface area (Å²) >= 11 is 0. The fourth-order valence-electron chi connectivity index (χ4n) is 5.46. The molecule has 0 aromatic heterocycles. The van der Waals surface area contributed by atoms with E-state index in [0.717, 1.165) is 33.4 Å². The van der Waals surface area contributed by atoms with Crippen LogP contribution < -0.4 is 0 Å². The standard InChI is InChI=1S/2C19H30O3/c2*1-12-10-21-17(22-11-12)13-8-14(18(2,3)4)16(20)15(9-13)19(5,6)7/h2*8-9,12,17,20H,10-11H2,1-7H3. The molecule has 6 nitrogen and oxygen atoms in total. The lowest BCUT2D eigenvalue weighted by Crippen LogP contribution is -2.26. The molecule has 2 fully saturated rings. The average Bonchev–Trinajstić information content (AvgIpc) is 2.88. The number of aromatic hydroxyl groups is 2. The molecule has 0 radical (unpaired) electrons. The predicted octanol–water partition coefficient (Wildman–Crippen LogP) is 9.34. The predicted molar refractivity (Wildman–Crippen MR) is 179 cm³/mol. The maximum atomic E-state index is 10.7. The van der Waals surface area contributed by atoms with E-state index in [2.05, 4.69) is 96.9 Å². The van der Waals surface area contributed by atoms with Gasteiger partial charge in [-0.15, -0.1) is 0 Å². The minimum absolute atomic E-state index is 0.137. The Balaban J connectivity index is 0.000000240. The number of ether oxygens (including phenoxy) is 4. The van der Waals surface area contributed by atoms with Gasteiger partial charge in [0.25, 0.3) is 0 Å². The van der Waals surface area contributed by atoms with E-state index >= 15 is 0 Å². The van der Waals surface area contributed by atoms with Crippen molar-refractivity contribution in [2.75, 3.05) is 26.4 Å². The lowest BCUT2D eigenvalue weighted by atomic mass is 9.78. The summed E-state index contributed by atoms with van der Waals surface area (Å²) in [5.74, 6) is 1.65. The van der Waals surface area contributed by atoms with E-state index in [9.17, 15) is 10.2 Å². The minimum Gasteiger partial charge on any atom is -0.507 e. The molecular formula is C38H60O6. The van der Waals surface area contributed by atoms with Gasteiger partial charge in [0, 0.05) is 23.0 Å². The van der Waals surface area contributed by atoms with Gasteiger partial charge in [-0.25, -0.2) is 0 Å². The minimum atomic E-state index is -0.334. The fraction of sp³-hybridized carbons (Fsp3) is 0.684. The van der Waals surface area contributed by atoms with E-state index in [1.54, 1.807) is 0 Å². The van der Waals surface area contributed by atoms with Crippen LogP contribution in [0.1, 0.15) is 143 Å². The highest BCUT2D eigenvalue weighted by Gasteiger charge is 2.31. The third kappa shape index (κ3) is 8.99. The number of hydrogen-bond acceptors (Lipinski definition) is 6. The number of benzene rings is 2. The molecule has 2 saturated heterocycles. The molecule has 2 heterocycles. The smallest absolute Gasteiger partial charge is 0.183 e. The van der Waals surface area contributed by atoms with Crippen molar-refractivity contribution in [2.24, 2.45) is 11.8 Å². The van der Waals surface area contributed by atoms with Crippen LogP contribution in [0.4, 0.5) is 0 Å². The Labute approximate surface area is 267 Å². The van der Waals surface area contributed by atoms with Crippen LogP contribution in [0.25, 0.3) is 0 Å². The summed E-state index contributed by atoms with van der Waals surface area (Å²) in [6.07, 6.45) is -0.669. The molecule has 4 rings (SSSR count). The van der Waals surface area contributed by atoms with Crippen LogP contribution in [0.2, 0.25) is 0 Å². The Kier molecular flexibility index (Phi) is 11.0. The molecule has 0 unspecified atom stereocenters. The quantitative estimate of drug-likeness (QED) is 0.352. The lowest BCUT2D eigenvalue weighted by Gasteiger charge is -2.32. The largest absolute Gasteiger partial charge is 0.507 e. The molecule has 0 aliphatic carbocycles. The third-order valence-electron chi connectivity index (χ3n) is 8.17. The Morgan fingerprint density at radius 3 is 0.841 bits per heavy atom. The zero-order chi connectivity index (χ0) is 33.4. The van der Waals surface area contributed by atoms with E-state index in [1.165, 1.54) is 0 Å². The number of phenols is 2. The van der Waals surface area contributed by atoms with Crippen molar-refractivity contribution in [1.29, 1.82) is 0 Å². The van der Waals surface area contributed by atoms with Gasteiger partial charge in [-0.3, -0.25) is 0 Å². The van der Waals surface area contributed by atoms with Crippen LogP contribution in [-0.2, 0) is 40.6 Å². The Morgan fingerprint density at radius 2 is 0.659 bits per heavy atom. The molecule has 0 spiro atoms. The highest BCUT2D eigenvalue weighted by atomic mass is 16.7. The molecule has 44 heavy (non-hydrogen) atoms. The van der Waals surface area contributed by atoms with Gasteiger partial charge in [-0.05, 0) is 68.2 Å². The maximum absolute atomic E-state index is 10.7. The summed E-state index contributed by atoms with van der Waals surface area (Å²) in [5.41, 5.74) is 5.23. The van der Waals surface area contributed by atoms with Gasteiger partial charge < -0.3 is 29.2 Å². The summed E-state index contributed by atoms with van der Waals surface area (Å²) < 4.78 is 23.4. The molecule has 0 saturated carbocycles. The molecule has 2 aromatic rings. The number of rotatable bonds is 2. The summed E-state index contributed by atoms with van der Waals surface area (Å²) in [7, 11) is 0. The molecule has 2 aliphatic rings.